The number of nitrogens with zero attached hydrogens (tertiary/aromatic N) is 1. The first-order valence-corrected chi connectivity index (χ1v) is 10.7. The number of hydrogen-bond donors (Lipinski definition) is 2. The van der Waals surface area contributed by atoms with Gasteiger partial charge in [-0.2, -0.15) is 13.1 Å². The minimum absolute atomic E-state index is 0.00567. The number of morpholine rings is 1. The summed E-state index contributed by atoms with van der Waals surface area (Å²) in [5, 5.41) is 0. The Balaban J connectivity index is 1.63. The highest BCUT2D eigenvalue weighted by molar-refractivity contribution is 7.89. The molecule has 0 radical (unpaired) electrons. The summed E-state index contributed by atoms with van der Waals surface area (Å²) in [6.45, 7) is 1.99. The smallest absolute Gasteiger partial charge is 0.387 e. The number of rotatable bonds is 8. The van der Waals surface area contributed by atoms with Crippen molar-refractivity contribution in [3.63, 3.8) is 0 Å². The van der Waals surface area contributed by atoms with Crippen LogP contribution in [0.1, 0.15) is 15.9 Å². The number of benzene rings is 2. The van der Waals surface area contributed by atoms with Crippen molar-refractivity contribution in [1.29, 1.82) is 0 Å². The van der Waals surface area contributed by atoms with Gasteiger partial charge in [0.2, 0.25) is 10.0 Å². The van der Waals surface area contributed by atoms with Crippen molar-refractivity contribution in [3.8, 4) is 5.75 Å². The zero-order chi connectivity index (χ0) is 22.4. The molecule has 0 aliphatic carbocycles. The molecule has 166 valence electrons. The molecule has 0 unspecified atom stereocenters. The van der Waals surface area contributed by atoms with Gasteiger partial charge in [0.1, 0.15) is 5.75 Å². The summed E-state index contributed by atoms with van der Waals surface area (Å²) in [7, 11) is -3.74. The Labute approximate surface area is 178 Å². The van der Waals surface area contributed by atoms with Crippen LogP contribution in [-0.4, -0.2) is 51.5 Å². The maximum Gasteiger partial charge on any atom is 0.387 e. The molecule has 1 amide bonds. The van der Waals surface area contributed by atoms with Gasteiger partial charge in [0, 0.05) is 18.7 Å². The molecule has 1 aliphatic rings. The monoisotopic (exact) mass is 453 g/mol. The Hall–Kier alpha value is -3.02. The van der Waals surface area contributed by atoms with Gasteiger partial charge in [-0.05, 0) is 48.0 Å². The van der Waals surface area contributed by atoms with Gasteiger partial charge in [0.15, 0.2) is 0 Å². The molecule has 1 heterocycles. The van der Waals surface area contributed by atoms with E-state index in [1.807, 2.05) is 0 Å². The van der Waals surface area contributed by atoms with Crippen LogP contribution in [0, 0.1) is 0 Å². The van der Waals surface area contributed by atoms with Crippen LogP contribution in [-0.2, 0) is 14.8 Å². The van der Waals surface area contributed by atoms with Gasteiger partial charge in [0.25, 0.3) is 5.91 Å². The molecule has 3 rings (SSSR count). The van der Waals surface area contributed by atoms with E-state index < -0.39 is 22.5 Å². The number of carbonyl (C=O) groups excluding carboxylic acids is 1. The normalized spacial score (nSPS) is 14.8. The third-order valence-corrected chi connectivity index (χ3v) is 6.35. The SMILES string of the molecule is C=C(NNC(=O)c1cccc(S(=O)(=O)N2CCOCC2)c1)c1ccc(OC(F)F)cc1. The lowest BCUT2D eigenvalue weighted by Gasteiger charge is -2.26. The van der Waals surface area contributed by atoms with Gasteiger partial charge in [-0.1, -0.05) is 12.6 Å². The predicted molar refractivity (Wildman–Crippen MR) is 109 cm³/mol. The number of hydrazine groups is 1. The van der Waals surface area contributed by atoms with Crippen molar-refractivity contribution >= 4 is 21.6 Å². The quantitative estimate of drug-likeness (QED) is 0.595. The Bertz CT molecular complexity index is 1040. The number of alkyl halides is 2. The van der Waals surface area contributed by atoms with Gasteiger partial charge in [0.05, 0.1) is 23.8 Å². The first kappa shape index (κ1) is 22.7. The molecule has 8 nitrogen and oxygen atoms in total. The number of halogens is 2. The molecule has 1 fully saturated rings. The second-order valence-electron chi connectivity index (χ2n) is 6.50. The van der Waals surface area contributed by atoms with E-state index >= 15 is 0 Å². The second kappa shape index (κ2) is 9.86. The van der Waals surface area contributed by atoms with Crippen molar-refractivity contribution in [3.05, 3.63) is 66.2 Å². The number of carbonyl (C=O) groups is 1. The molecule has 1 aliphatic heterocycles. The Morgan fingerprint density at radius 2 is 1.74 bits per heavy atom. The summed E-state index contributed by atoms with van der Waals surface area (Å²) in [5.41, 5.74) is 6.02. The Kier molecular flexibility index (Phi) is 7.21. The topological polar surface area (TPSA) is 97.0 Å². The van der Waals surface area contributed by atoms with Crippen molar-refractivity contribution in [2.75, 3.05) is 26.3 Å². The van der Waals surface area contributed by atoms with Crippen LogP contribution in [0.3, 0.4) is 0 Å². The fourth-order valence-corrected chi connectivity index (χ4v) is 4.30. The zero-order valence-electron chi connectivity index (χ0n) is 16.4. The molecule has 0 aromatic heterocycles. The average Bonchev–Trinajstić information content (AvgIpc) is 2.78. The Morgan fingerprint density at radius 3 is 2.39 bits per heavy atom. The molecular formula is C20H21F2N3O5S. The molecule has 2 aromatic carbocycles. The molecule has 0 bridgehead atoms. The standard InChI is InChI=1S/C20H21F2N3O5S/c1-14(15-5-7-17(8-6-15)30-20(21)22)23-24-19(26)16-3-2-4-18(13-16)31(27,28)25-9-11-29-12-10-25/h2-8,13,20,23H,1,9-12H2,(H,24,26). The first-order chi connectivity index (χ1) is 14.8. The molecule has 2 N–H and O–H groups in total. The molecule has 31 heavy (non-hydrogen) atoms. The van der Waals surface area contributed by atoms with E-state index in [2.05, 4.69) is 22.2 Å². The highest BCUT2D eigenvalue weighted by Gasteiger charge is 2.26. The van der Waals surface area contributed by atoms with Crippen LogP contribution < -0.4 is 15.6 Å². The molecule has 1 saturated heterocycles. The first-order valence-electron chi connectivity index (χ1n) is 9.26. The molecule has 0 saturated carbocycles. The summed E-state index contributed by atoms with van der Waals surface area (Å²) < 4.78 is 60.7. The van der Waals surface area contributed by atoms with E-state index in [-0.39, 0.29) is 29.3 Å². The summed E-state index contributed by atoms with van der Waals surface area (Å²) in [6, 6.07) is 11.4. The number of hydrogen-bond acceptors (Lipinski definition) is 6. The maximum atomic E-state index is 12.8. The highest BCUT2D eigenvalue weighted by Crippen LogP contribution is 2.19. The maximum absolute atomic E-state index is 12.8. The summed E-state index contributed by atoms with van der Waals surface area (Å²) >= 11 is 0. The molecule has 0 atom stereocenters. The number of sulfonamides is 1. The number of ether oxygens (including phenoxy) is 2. The van der Waals surface area contributed by atoms with Gasteiger partial charge < -0.3 is 9.47 Å². The van der Waals surface area contributed by atoms with E-state index in [4.69, 9.17) is 4.74 Å². The Morgan fingerprint density at radius 1 is 1.06 bits per heavy atom. The van der Waals surface area contributed by atoms with Crippen LogP contribution in [0.5, 0.6) is 5.75 Å². The van der Waals surface area contributed by atoms with Gasteiger partial charge in [-0.25, -0.2) is 8.42 Å². The summed E-state index contributed by atoms with van der Waals surface area (Å²) in [4.78, 5) is 12.5. The largest absolute Gasteiger partial charge is 0.435 e. The lowest BCUT2D eigenvalue weighted by atomic mass is 10.2. The van der Waals surface area contributed by atoms with E-state index in [1.165, 1.54) is 52.8 Å². The van der Waals surface area contributed by atoms with Crippen LogP contribution >= 0.6 is 0 Å². The van der Waals surface area contributed by atoms with E-state index in [9.17, 15) is 22.0 Å². The fourth-order valence-electron chi connectivity index (χ4n) is 2.85. The minimum atomic E-state index is -3.74. The average molecular weight is 453 g/mol. The van der Waals surface area contributed by atoms with Crippen LogP contribution in [0.4, 0.5) is 8.78 Å². The predicted octanol–water partition coefficient (Wildman–Crippen LogP) is 2.21. The van der Waals surface area contributed by atoms with Crippen LogP contribution in [0.2, 0.25) is 0 Å². The number of nitrogens with one attached hydrogen (secondary N) is 2. The van der Waals surface area contributed by atoms with Crippen molar-refractivity contribution in [2.45, 2.75) is 11.5 Å². The highest BCUT2D eigenvalue weighted by atomic mass is 32.2. The zero-order valence-corrected chi connectivity index (χ0v) is 17.2. The summed E-state index contributed by atoms with van der Waals surface area (Å²) in [6.07, 6.45) is 0. The minimum Gasteiger partial charge on any atom is -0.435 e. The van der Waals surface area contributed by atoms with Gasteiger partial charge >= 0.3 is 6.61 Å². The molecule has 0 spiro atoms. The lowest BCUT2D eigenvalue weighted by Crippen LogP contribution is -2.40. The van der Waals surface area contributed by atoms with E-state index in [1.54, 1.807) is 0 Å². The number of amides is 1. The van der Waals surface area contributed by atoms with Gasteiger partial charge in [-0.15, -0.1) is 0 Å². The second-order valence-corrected chi connectivity index (χ2v) is 8.44. The third kappa shape index (κ3) is 5.78. The molecular weight excluding hydrogens is 432 g/mol. The lowest BCUT2D eigenvalue weighted by molar-refractivity contribution is -0.0498. The third-order valence-electron chi connectivity index (χ3n) is 4.46. The van der Waals surface area contributed by atoms with Gasteiger partial charge in [-0.3, -0.25) is 15.6 Å². The van der Waals surface area contributed by atoms with Crippen molar-refractivity contribution in [2.24, 2.45) is 0 Å². The fraction of sp³-hybridized carbons (Fsp3) is 0.250. The van der Waals surface area contributed by atoms with Crippen molar-refractivity contribution in [1.82, 2.24) is 15.2 Å². The molecule has 11 heteroatoms. The summed E-state index contributed by atoms with van der Waals surface area (Å²) in [5.74, 6) is -0.577. The van der Waals surface area contributed by atoms with Crippen LogP contribution in [0.15, 0.2) is 60.0 Å². The van der Waals surface area contributed by atoms with E-state index in [0.29, 0.717) is 24.5 Å². The molecule has 2 aromatic rings. The van der Waals surface area contributed by atoms with Crippen LogP contribution in [0.25, 0.3) is 5.70 Å². The van der Waals surface area contributed by atoms with E-state index in [0.717, 1.165) is 0 Å². The van der Waals surface area contributed by atoms with Crippen molar-refractivity contribution < 1.29 is 31.5 Å².